The first-order valence-electron chi connectivity index (χ1n) is 16.7. The fourth-order valence-corrected chi connectivity index (χ4v) is 7.37. The lowest BCUT2D eigenvalue weighted by atomic mass is 9.81. The predicted octanol–water partition coefficient (Wildman–Crippen LogP) is 4.95. The molecular weight excluding hydrogens is 556 g/mol. The van der Waals surface area contributed by atoms with Gasteiger partial charge in [0.1, 0.15) is 6.61 Å². The van der Waals surface area contributed by atoms with Crippen molar-refractivity contribution >= 4 is 22.6 Å². The Bertz CT molecular complexity index is 1410. The molecule has 9 nitrogen and oxygen atoms in total. The molecule has 2 fully saturated rings. The van der Waals surface area contributed by atoms with Gasteiger partial charge in [0.2, 0.25) is 0 Å². The molecule has 6 rings (SSSR count). The number of ether oxygens (including phenoxy) is 2. The van der Waals surface area contributed by atoms with Crippen molar-refractivity contribution in [3.8, 4) is 17.0 Å². The quantitative estimate of drug-likeness (QED) is 0.250. The average Bonchev–Trinajstić information content (AvgIpc) is 3.21. The number of anilines is 1. The first-order valence-corrected chi connectivity index (χ1v) is 16.7. The standard InChI is InChI=1S/C35H48N4O5/c40-21-5-13-36-14-16-38(18-17-37-15-6-22-43-23-19-37)30-10-4-9-29-33-32(26-7-2-1-3-8-26)28-12-11-27(35(41)42)25-31(28)39(33)20-24-44-34(29)30/h4,9-12,25-26,36,40H,1-3,5-8,13-24H2,(H,41,42). The van der Waals surface area contributed by atoms with Crippen molar-refractivity contribution < 1.29 is 24.5 Å². The van der Waals surface area contributed by atoms with Gasteiger partial charge in [-0.1, -0.05) is 31.4 Å². The number of aliphatic hydroxyl groups excluding tert-OH is 1. The third-order valence-corrected chi connectivity index (χ3v) is 9.59. The Balaban J connectivity index is 1.41. The van der Waals surface area contributed by atoms with E-state index in [1.54, 1.807) is 6.07 Å². The number of carboxylic acids is 1. The van der Waals surface area contributed by atoms with Crippen LogP contribution in [0.3, 0.4) is 0 Å². The van der Waals surface area contributed by atoms with Gasteiger partial charge in [-0.15, -0.1) is 0 Å². The molecule has 3 heterocycles. The Morgan fingerprint density at radius 1 is 0.977 bits per heavy atom. The minimum atomic E-state index is -0.895. The SMILES string of the molecule is O=C(O)c1ccc2c(C3CCCCC3)c3n(c2c1)CCOc1c-3cccc1N(CCNCCCO)CCN1CCCOCC1. The maximum atomic E-state index is 12.0. The summed E-state index contributed by atoms with van der Waals surface area (Å²) < 4.78 is 14.7. The molecule has 238 valence electrons. The number of carboxylic acid groups (broad SMARTS) is 1. The van der Waals surface area contributed by atoms with Crippen molar-refractivity contribution in [2.45, 2.75) is 57.4 Å². The fourth-order valence-electron chi connectivity index (χ4n) is 7.37. The van der Waals surface area contributed by atoms with Gasteiger partial charge in [-0.3, -0.25) is 4.90 Å². The van der Waals surface area contributed by atoms with Crippen molar-refractivity contribution in [2.75, 3.05) is 77.1 Å². The molecule has 0 radical (unpaired) electrons. The number of hydrogen-bond donors (Lipinski definition) is 3. The van der Waals surface area contributed by atoms with Crippen LogP contribution in [0.5, 0.6) is 5.75 Å². The average molecular weight is 605 g/mol. The van der Waals surface area contributed by atoms with Crippen LogP contribution < -0.4 is 15.0 Å². The van der Waals surface area contributed by atoms with Gasteiger partial charge in [0.05, 0.1) is 30.1 Å². The highest BCUT2D eigenvalue weighted by atomic mass is 16.5. The molecule has 1 aliphatic carbocycles. The Kier molecular flexibility index (Phi) is 10.4. The zero-order valence-corrected chi connectivity index (χ0v) is 25.9. The molecule has 0 atom stereocenters. The summed E-state index contributed by atoms with van der Waals surface area (Å²) in [5.41, 5.74) is 6.10. The van der Waals surface area contributed by atoms with Crippen LogP contribution in [0.2, 0.25) is 0 Å². The molecule has 2 aromatic carbocycles. The molecule has 0 spiro atoms. The first kappa shape index (κ1) is 30.9. The molecule has 0 bridgehead atoms. The molecule has 0 unspecified atom stereocenters. The largest absolute Gasteiger partial charge is 0.489 e. The van der Waals surface area contributed by atoms with E-state index >= 15 is 0 Å². The number of nitrogens with zero attached hydrogens (tertiary/aromatic N) is 3. The van der Waals surface area contributed by atoms with Gasteiger partial charge in [0.15, 0.2) is 5.75 Å². The molecule has 1 aromatic heterocycles. The van der Waals surface area contributed by atoms with Crippen molar-refractivity contribution in [2.24, 2.45) is 0 Å². The highest BCUT2D eigenvalue weighted by molar-refractivity contribution is 5.99. The molecular formula is C35H48N4O5. The van der Waals surface area contributed by atoms with E-state index in [1.807, 2.05) is 12.1 Å². The van der Waals surface area contributed by atoms with E-state index in [0.717, 1.165) is 107 Å². The normalized spacial score (nSPS) is 17.8. The molecule has 1 saturated heterocycles. The Morgan fingerprint density at radius 3 is 2.70 bits per heavy atom. The number of aliphatic hydroxyl groups is 1. The summed E-state index contributed by atoms with van der Waals surface area (Å²) in [4.78, 5) is 16.9. The number of nitrogens with one attached hydrogen (secondary N) is 1. The van der Waals surface area contributed by atoms with Gasteiger partial charge in [-0.25, -0.2) is 4.79 Å². The Labute approximate surface area is 260 Å². The second-order valence-corrected chi connectivity index (χ2v) is 12.4. The number of rotatable bonds is 12. The summed E-state index contributed by atoms with van der Waals surface area (Å²) in [5, 5.41) is 23.7. The van der Waals surface area contributed by atoms with Crippen molar-refractivity contribution in [1.82, 2.24) is 14.8 Å². The molecule has 3 aliphatic rings. The van der Waals surface area contributed by atoms with Crippen LogP contribution in [0, 0.1) is 0 Å². The van der Waals surface area contributed by atoms with E-state index in [1.165, 1.54) is 35.9 Å². The Hall–Kier alpha value is -3.11. The van der Waals surface area contributed by atoms with Crippen LogP contribution in [0.4, 0.5) is 5.69 Å². The van der Waals surface area contributed by atoms with Gasteiger partial charge < -0.3 is 34.5 Å². The number of fused-ring (bicyclic) bond motifs is 5. The van der Waals surface area contributed by atoms with E-state index in [4.69, 9.17) is 9.47 Å². The second kappa shape index (κ2) is 14.8. The topological polar surface area (TPSA) is 99.4 Å². The van der Waals surface area contributed by atoms with Crippen LogP contribution >= 0.6 is 0 Å². The smallest absolute Gasteiger partial charge is 0.335 e. The predicted molar refractivity (Wildman–Crippen MR) is 174 cm³/mol. The molecule has 44 heavy (non-hydrogen) atoms. The number of benzene rings is 2. The van der Waals surface area contributed by atoms with Crippen molar-refractivity contribution in [3.63, 3.8) is 0 Å². The van der Waals surface area contributed by atoms with E-state index in [9.17, 15) is 15.0 Å². The van der Waals surface area contributed by atoms with Crippen LogP contribution in [0.25, 0.3) is 22.2 Å². The lowest BCUT2D eigenvalue weighted by molar-refractivity contribution is 0.0697. The highest BCUT2D eigenvalue weighted by Crippen LogP contribution is 2.49. The van der Waals surface area contributed by atoms with E-state index in [-0.39, 0.29) is 6.61 Å². The molecule has 3 N–H and O–H groups in total. The maximum absolute atomic E-state index is 12.0. The summed E-state index contributed by atoms with van der Waals surface area (Å²) in [5.74, 6) is 0.484. The minimum absolute atomic E-state index is 0.194. The summed E-state index contributed by atoms with van der Waals surface area (Å²) in [6, 6.07) is 12.2. The van der Waals surface area contributed by atoms with E-state index in [0.29, 0.717) is 24.6 Å². The summed E-state index contributed by atoms with van der Waals surface area (Å²) in [7, 11) is 0. The molecule has 9 heteroatoms. The highest BCUT2D eigenvalue weighted by Gasteiger charge is 2.31. The first-order chi connectivity index (χ1) is 21.7. The van der Waals surface area contributed by atoms with Crippen LogP contribution in [-0.4, -0.2) is 97.9 Å². The Morgan fingerprint density at radius 2 is 1.86 bits per heavy atom. The van der Waals surface area contributed by atoms with Gasteiger partial charge >= 0.3 is 5.97 Å². The van der Waals surface area contributed by atoms with Crippen LogP contribution in [0.15, 0.2) is 36.4 Å². The van der Waals surface area contributed by atoms with Crippen LogP contribution in [0.1, 0.15) is 66.8 Å². The zero-order valence-electron chi connectivity index (χ0n) is 25.9. The number of aromatic carboxylic acids is 1. The lowest BCUT2D eigenvalue weighted by Gasteiger charge is -2.30. The molecule has 1 saturated carbocycles. The summed E-state index contributed by atoms with van der Waals surface area (Å²) in [6.45, 7) is 9.28. The third-order valence-electron chi connectivity index (χ3n) is 9.59. The fraction of sp³-hybridized carbons (Fsp3) is 0.571. The maximum Gasteiger partial charge on any atom is 0.335 e. The zero-order chi connectivity index (χ0) is 30.3. The van der Waals surface area contributed by atoms with Crippen molar-refractivity contribution in [1.29, 1.82) is 0 Å². The number of para-hydroxylation sites is 1. The van der Waals surface area contributed by atoms with Gasteiger partial charge in [-0.2, -0.15) is 0 Å². The summed E-state index contributed by atoms with van der Waals surface area (Å²) >= 11 is 0. The summed E-state index contributed by atoms with van der Waals surface area (Å²) in [6.07, 6.45) is 7.86. The van der Waals surface area contributed by atoms with Crippen LogP contribution in [-0.2, 0) is 11.3 Å². The second-order valence-electron chi connectivity index (χ2n) is 12.4. The van der Waals surface area contributed by atoms with Gasteiger partial charge in [0, 0.05) is 68.9 Å². The monoisotopic (exact) mass is 604 g/mol. The van der Waals surface area contributed by atoms with E-state index in [2.05, 4.69) is 37.9 Å². The minimum Gasteiger partial charge on any atom is -0.489 e. The van der Waals surface area contributed by atoms with Gasteiger partial charge in [-0.05, 0) is 68.0 Å². The molecule has 2 aliphatic heterocycles. The number of hydrogen-bond acceptors (Lipinski definition) is 7. The number of aromatic nitrogens is 1. The molecule has 0 amide bonds. The molecule has 3 aromatic rings. The van der Waals surface area contributed by atoms with Crippen molar-refractivity contribution in [3.05, 3.63) is 47.5 Å². The lowest BCUT2D eigenvalue weighted by Crippen LogP contribution is -2.40. The number of carbonyl (C=O) groups is 1. The van der Waals surface area contributed by atoms with Gasteiger partial charge in [0.25, 0.3) is 0 Å². The third kappa shape index (κ3) is 6.76. The van der Waals surface area contributed by atoms with E-state index < -0.39 is 5.97 Å².